The van der Waals surface area contributed by atoms with Crippen LogP contribution in [0.4, 0.5) is 0 Å². The van der Waals surface area contributed by atoms with Gasteiger partial charge in [0.1, 0.15) is 0 Å². The predicted molar refractivity (Wildman–Crippen MR) is 59.7 cm³/mol. The molecule has 0 bridgehead atoms. The van der Waals surface area contributed by atoms with Crippen molar-refractivity contribution in [3.05, 3.63) is 12.2 Å². The minimum Gasteiger partial charge on any atom is -0.0845 e. The van der Waals surface area contributed by atoms with Crippen LogP contribution in [-0.4, -0.2) is 0 Å². The van der Waals surface area contributed by atoms with Gasteiger partial charge in [0.15, 0.2) is 0 Å². The molecule has 0 radical (unpaired) electrons. The molecule has 3 atom stereocenters. The van der Waals surface area contributed by atoms with Crippen LogP contribution in [-0.2, 0) is 0 Å². The standard InChI is InChI=1S/C13H24/c1-4-7-11(5-2)10-13-9-8-12(13)6-3/h8-9,11-13H,4-7,10H2,1-3H3. The van der Waals surface area contributed by atoms with Crippen molar-refractivity contribution in [3.8, 4) is 0 Å². The molecule has 0 spiro atoms. The van der Waals surface area contributed by atoms with Crippen LogP contribution in [0.25, 0.3) is 0 Å². The van der Waals surface area contributed by atoms with E-state index < -0.39 is 0 Å². The largest absolute Gasteiger partial charge is 0.0845 e. The van der Waals surface area contributed by atoms with Crippen LogP contribution in [0.5, 0.6) is 0 Å². The highest BCUT2D eigenvalue weighted by Gasteiger charge is 2.24. The van der Waals surface area contributed by atoms with Crippen LogP contribution < -0.4 is 0 Å². The molecule has 0 aromatic carbocycles. The number of rotatable bonds is 6. The van der Waals surface area contributed by atoms with E-state index in [0.29, 0.717) is 0 Å². The molecule has 0 saturated heterocycles. The van der Waals surface area contributed by atoms with Crippen molar-refractivity contribution in [2.24, 2.45) is 17.8 Å². The van der Waals surface area contributed by atoms with Crippen molar-refractivity contribution in [1.82, 2.24) is 0 Å². The molecule has 0 aliphatic heterocycles. The second-order valence-electron chi connectivity index (χ2n) is 4.42. The Morgan fingerprint density at radius 3 is 2.15 bits per heavy atom. The molecule has 1 aliphatic rings. The van der Waals surface area contributed by atoms with Crippen LogP contribution in [0.2, 0.25) is 0 Å². The normalized spacial score (nSPS) is 28.5. The van der Waals surface area contributed by atoms with E-state index in [-0.39, 0.29) is 0 Å². The minimum atomic E-state index is 0.908. The Hall–Kier alpha value is -0.260. The van der Waals surface area contributed by atoms with Gasteiger partial charge in [-0.3, -0.25) is 0 Å². The van der Waals surface area contributed by atoms with Gasteiger partial charge < -0.3 is 0 Å². The summed E-state index contributed by atoms with van der Waals surface area (Å²) in [7, 11) is 0. The maximum atomic E-state index is 2.42. The van der Waals surface area contributed by atoms with Gasteiger partial charge in [0.05, 0.1) is 0 Å². The second kappa shape index (κ2) is 5.47. The Labute approximate surface area is 83.4 Å². The first-order valence-electron chi connectivity index (χ1n) is 6.00. The average Bonchev–Trinajstić information content (AvgIpc) is 2.11. The Balaban J connectivity index is 2.26. The van der Waals surface area contributed by atoms with Gasteiger partial charge in [-0.1, -0.05) is 52.2 Å². The topological polar surface area (TPSA) is 0 Å². The third kappa shape index (κ3) is 2.86. The molecule has 0 heterocycles. The molecular weight excluding hydrogens is 156 g/mol. The summed E-state index contributed by atoms with van der Waals surface area (Å²) < 4.78 is 0. The van der Waals surface area contributed by atoms with Crippen molar-refractivity contribution < 1.29 is 0 Å². The Morgan fingerprint density at radius 2 is 1.77 bits per heavy atom. The minimum absolute atomic E-state index is 0.908. The summed E-state index contributed by atoms with van der Waals surface area (Å²) in [6, 6.07) is 0. The molecule has 3 unspecified atom stereocenters. The summed E-state index contributed by atoms with van der Waals surface area (Å²) in [5, 5.41) is 0. The monoisotopic (exact) mass is 180 g/mol. The van der Waals surface area contributed by atoms with Crippen molar-refractivity contribution in [2.45, 2.75) is 52.9 Å². The molecule has 0 fully saturated rings. The smallest absolute Gasteiger partial charge is 0.0168 e. The Kier molecular flexibility index (Phi) is 4.55. The first kappa shape index (κ1) is 10.8. The fraction of sp³-hybridized carbons (Fsp3) is 0.846. The van der Waals surface area contributed by atoms with Crippen LogP contribution in [0.1, 0.15) is 52.9 Å². The maximum absolute atomic E-state index is 2.42. The lowest BCUT2D eigenvalue weighted by molar-refractivity contribution is 0.302. The molecule has 13 heavy (non-hydrogen) atoms. The Bertz CT molecular complexity index is 157. The predicted octanol–water partition coefficient (Wildman–Crippen LogP) is 4.42. The molecule has 0 aromatic rings. The van der Waals surface area contributed by atoms with E-state index in [1.807, 2.05) is 0 Å². The summed E-state index contributed by atoms with van der Waals surface area (Å²) >= 11 is 0. The molecule has 76 valence electrons. The molecule has 0 saturated carbocycles. The third-order valence-electron chi connectivity index (χ3n) is 3.51. The van der Waals surface area contributed by atoms with Crippen molar-refractivity contribution in [1.29, 1.82) is 0 Å². The highest BCUT2D eigenvalue weighted by Crippen LogP contribution is 2.35. The Morgan fingerprint density at radius 1 is 1.08 bits per heavy atom. The highest BCUT2D eigenvalue weighted by molar-refractivity contribution is 5.08. The van der Waals surface area contributed by atoms with E-state index in [1.165, 1.54) is 32.1 Å². The molecule has 0 N–H and O–H groups in total. The van der Waals surface area contributed by atoms with E-state index in [4.69, 9.17) is 0 Å². The van der Waals surface area contributed by atoms with Gasteiger partial charge in [0.2, 0.25) is 0 Å². The summed E-state index contributed by atoms with van der Waals surface area (Å²) in [6.45, 7) is 6.95. The molecule has 1 rings (SSSR count). The summed E-state index contributed by atoms with van der Waals surface area (Å²) in [6.07, 6.45) is 11.7. The molecule has 0 heteroatoms. The summed E-state index contributed by atoms with van der Waals surface area (Å²) in [4.78, 5) is 0. The first-order valence-corrected chi connectivity index (χ1v) is 6.00. The fourth-order valence-corrected chi connectivity index (χ4v) is 2.40. The quantitative estimate of drug-likeness (QED) is 0.531. The van der Waals surface area contributed by atoms with Crippen LogP contribution in [0.3, 0.4) is 0 Å². The molecular formula is C13H24. The van der Waals surface area contributed by atoms with Crippen LogP contribution >= 0.6 is 0 Å². The van der Waals surface area contributed by atoms with E-state index in [9.17, 15) is 0 Å². The van der Waals surface area contributed by atoms with Crippen LogP contribution in [0, 0.1) is 17.8 Å². The first-order chi connectivity index (χ1) is 6.31. The van der Waals surface area contributed by atoms with E-state index in [0.717, 1.165) is 17.8 Å². The van der Waals surface area contributed by atoms with Gasteiger partial charge in [-0.25, -0.2) is 0 Å². The third-order valence-corrected chi connectivity index (χ3v) is 3.51. The fourth-order valence-electron chi connectivity index (χ4n) is 2.40. The SMILES string of the molecule is CCCC(CC)CC1C=CC1CC. The lowest BCUT2D eigenvalue weighted by Gasteiger charge is -2.31. The zero-order chi connectivity index (χ0) is 9.68. The maximum Gasteiger partial charge on any atom is -0.0168 e. The van der Waals surface area contributed by atoms with Crippen molar-refractivity contribution in [2.75, 3.05) is 0 Å². The van der Waals surface area contributed by atoms with Crippen molar-refractivity contribution >= 4 is 0 Å². The molecule has 0 nitrogen and oxygen atoms in total. The second-order valence-corrected chi connectivity index (χ2v) is 4.42. The van der Waals surface area contributed by atoms with Gasteiger partial charge in [-0.05, 0) is 30.6 Å². The van der Waals surface area contributed by atoms with Gasteiger partial charge >= 0.3 is 0 Å². The molecule has 1 aliphatic carbocycles. The zero-order valence-electron chi connectivity index (χ0n) is 9.42. The summed E-state index contributed by atoms with van der Waals surface area (Å²) in [5.74, 6) is 2.81. The summed E-state index contributed by atoms with van der Waals surface area (Å²) in [5.41, 5.74) is 0. The van der Waals surface area contributed by atoms with Gasteiger partial charge in [0, 0.05) is 0 Å². The molecule has 0 amide bonds. The van der Waals surface area contributed by atoms with Crippen molar-refractivity contribution in [3.63, 3.8) is 0 Å². The zero-order valence-corrected chi connectivity index (χ0v) is 9.42. The van der Waals surface area contributed by atoms with Crippen LogP contribution in [0.15, 0.2) is 12.2 Å². The number of allylic oxidation sites excluding steroid dienone is 2. The van der Waals surface area contributed by atoms with Gasteiger partial charge in [-0.2, -0.15) is 0 Å². The van der Waals surface area contributed by atoms with E-state index in [2.05, 4.69) is 32.9 Å². The molecule has 0 aromatic heterocycles. The van der Waals surface area contributed by atoms with Gasteiger partial charge in [0.25, 0.3) is 0 Å². The average molecular weight is 180 g/mol. The lowest BCUT2D eigenvalue weighted by atomic mass is 9.74. The van der Waals surface area contributed by atoms with E-state index in [1.54, 1.807) is 0 Å². The van der Waals surface area contributed by atoms with E-state index >= 15 is 0 Å². The number of hydrogen-bond donors (Lipinski definition) is 0. The lowest BCUT2D eigenvalue weighted by Crippen LogP contribution is -2.20. The number of hydrogen-bond acceptors (Lipinski definition) is 0. The highest BCUT2D eigenvalue weighted by atomic mass is 14.3. The van der Waals surface area contributed by atoms with Gasteiger partial charge in [-0.15, -0.1) is 0 Å².